The molecule has 0 aliphatic carbocycles. The highest BCUT2D eigenvalue weighted by atomic mass is 31.3. The maximum Gasteiger partial charge on any atom is 0.483 e. The first-order chi connectivity index (χ1) is 17.7. The average molecular weight is 590 g/mol. The fourth-order valence-corrected chi connectivity index (χ4v) is 5.60. The first-order valence-corrected chi connectivity index (χ1v) is 13.4. The summed E-state index contributed by atoms with van der Waals surface area (Å²) in [5.41, 5.74) is -1.87. The summed E-state index contributed by atoms with van der Waals surface area (Å²) in [6.45, 7) is -0.684. The van der Waals surface area contributed by atoms with Crippen molar-refractivity contribution in [2.24, 2.45) is 0 Å². The molecular weight excluding hydrogens is 566 g/mol. The quantitative estimate of drug-likeness (QED) is 0.0728. The molecular formula is C17H24N2O17P2. The largest absolute Gasteiger partial charge is 0.483 e. The number of aromatic nitrogens is 2. The van der Waals surface area contributed by atoms with Gasteiger partial charge in [-0.25, -0.2) is 13.9 Å². The van der Waals surface area contributed by atoms with Crippen molar-refractivity contribution < 1.29 is 72.0 Å². The van der Waals surface area contributed by atoms with E-state index in [4.69, 9.17) is 20.6 Å². The van der Waals surface area contributed by atoms with Crippen LogP contribution in [0.3, 0.4) is 0 Å². The Balaban J connectivity index is 1.66. The van der Waals surface area contributed by atoms with E-state index >= 15 is 0 Å². The second kappa shape index (κ2) is 12.1. The lowest BCUT2D eigenvalue weighted by molar-refractivity contribution is -0.282. The summed E-state index contributed by atoms with van der Waals surface area (Å²) in [5.74, 6) is 2.12. The summed E-state index contributed by atoms with van der Waals surface area (Å²) >= 11 is 0. The van der Waals surface area contributed by atoms with Crippen molar-refractivity contribution in [1.29, 1.82) is 0 Å². The molecule has 0 amide bonds. The zero-order chi connectivity index (χ0) is 28.4. The number of aliphatic hydroxyl groups excluding tert-OH is 5. The van der Waals surface area contributed by atoms with Crippen LogP contribution in [0.4, 0.5) is 0 Å². The van der Waals surface area contributed by atoms with Crippen LogP contribution in [0.25, 0.3) is 0 Å². The van der Waals surface area contributed by atoms with Crippen molar-refractivity contribution in [3.63, 3.8) is 0 Å². The van der Waals surface area contributed by atoms with Gasteiger partial charge in [-0.3, -0.25) is 23.4 Å². The molecule has 38 heavy (non-hydrogen) atoms. The molecule has 214 valence electrons. The van der Waals surface area contributed by atoms with Gasteiger partial charge < -0.3 is 49.5 Å². The number of H-pyrrole nitrogens is 1. The van der Waals surface area contributed by atoms with E-state index in [0.717, 1.165) is 12.3 Å². The lowest BCUT2D eigenvalue weighted by Crippen LogP contribution is -2.59. The molecule has 11 atom stereocenters. The van der Waals surface area contributed by atoms with Crippen molar-refractivity contribution in [2.75, 3.05) is 13.2 Å². The first kappa shape index (κ1) is 30.7. The van der Waals surface area contributed by atoms with Crippen LogP contribution in [0.2, 0.25) is 0 Å². The summed E-state index contributed by atoms with van der Waals surface area (Å²) in [4.78, 5) is 44.8. The van der Waals surface area contributed by atoms with Gasteiger partial charge in [0, 0.05) is 12.3 Å². The number of nitrogens with zero attached hydrogens (tertiary/aromatic N) is 1. The van der Waals surface area contributed by atoms with Gasteiger partial charge in [0.25, 0.3) is 5.56 Å². The highest BCUT2D eigenvalue weighted by molar-refractivity contribution is 7.61. The summed E-state index contributed by atoms with van der Waals surface area (Å²) in [6.07, 6.45) is -11.6. The molecule has 0 radical (unpaired) electrons. The number of phosphoric ester groups is 2. The molecule has 2 saturated heterocycles. The summed E-state index contributed by atoms with van der Waals surface area (Å²) in [5, 5.41) is 50.2. The van der Waals surface area contributed by atoms with Gasteiger partial charge in [0.05, 0.1) is 6.61 Å². The lowest BCUT2D eigenvalue weighted by Gasteiger charge is -2.40. The predicted molar refractivity (Wildman–Crippen MR) is 116 cm³/mol. The monoisotopic (exact) mass is 590 g/mol. The Kier molecular flexibility index (Phi) is 9.82. The van der Waals surface area contributed by atoms with Gasteiger partial charge in [0.15, 0.2) is 18.8 Å². The SMILES string of the molecule is C#CCOCC1O[C@@H](OP(=O)(O)OP(=O)(O)O[C@H]2O[C@@H](n3ccc(=O)[nH]c3=O)[C@@H](O)C2O)C(O)C(O)[C@H]1O. The van der Waals surface area contributed by atoms with E-state index in [2.05, 4.69) is 19.3 Å². The molecule has 2 aliphatic rings. The van der Waals surface area contributed by atoms with Crippen molar-refractivity contribution in [1.82, 2.24) is 9.55 Å². The molecule has 2 fully saturated rings. The van der Waals surface area contributed by atoms with Crippen LogP contribution in [0.5, 0.6) is 0 Å². The van der Waals surface area contributed by atoms with E-state index in [9.17, 15) is 54.0 Å². The molecule has 2 aliphatic heterocycles. The minimum absolute atomic E-state index is 0.231. The van der Waals surface area contributed by atoms with Crippen molar-refractivity contribution >= 4 is 15.6 Å². The molecule has 1 aromatic rings. The molecule has 19 nitrogen and oxygen atoms in total. The second-order valence-electron chi connectivity index (χ2n) is 7.86. The van der Waals surface area contributed by atoms with Crippen LogP contribution < -0.4 is 11.2 Å². The molecule has 21 heteroatoms. The zero-order valence-electron chi connectivity index (χ0n) is 18.9. The third kappa shape index (κ3) is 7.22. The number of rotatable bonds is 10. The maximum atomic E-state index is 12.4. The second-order valence-corrected chi connectivity index (χ2v) is 10.8. The Morgan fingerprint density at radius 2 is 1.53 bits per heavy atom. The Bertz CT molecular complexity index is 1230. The molecule has 0 saturated carbocycles. The number of hydrogen-bond acceptors (Lipinski definition) is 15. The third-order valence-corrected chi connectivity index (χ3v) is 7.74. The van der Waals surface area contributed by atoms with Gasteiger partial charge in [-0.05, 0) is 0 Å². The van der Waals surface area contributed by atoms with Crippen LogP contribution in [0.1, 0.15) is 6.23 Å². The highest BCUT2D eigenvalue weighted by Crippen LogP contribution is 2.62. The van der Waals surface area contributed by atoms with Gasteiger partial charge in [0.1, 0.15) is 43.2 Å². The van der Waals surface area contributed by atoms with Crippen LogP contribution in [-0.4, -0.2) is 107 Å². The number of hydrogen-bond donors (Lipinski definition) is 8. The Labute approximate surface area is 211 Å². The van der Waals surface area contributed by atoms with E-state index in [1.54, 1.807) is 0 Å². The van der Waals surface area contributed by atoms with Crippen LogP contribution in [0, 0.1) is 12.3 Å². The van der Waals surface area contributed by atoms with Gasteiger partial charge in [0.2, 0.25) is 0 Å². The number of phosphoric acid groups is 2. The summed E-state index contributed by atoms with van der Waals surface area (Å²) in [7, 11) is -11.4. The van der Waals surface area contributed by atoms with E-state index in [0.29, 0.717) is 4.57 Å². The van der Waals surface area contributed by atoms with Crippen LogP contribution >= 0.6 is 15.6 Å². The zero-order valence-corrected chi connectivity index (χ0v) is 20.7. The lowest BCUT2D eigenvalue weighted by atomic mass is 9.99. The summed E-state index contributed by atoms with van der Waals surface area (Å²) in [6, 6.07) is 0.876. The van der Waals surface area contributed by atoms with Gasteiger partial charge in [-0.15, -0.1) is 6.42 Å². The summed E-state index contributed by atoms with van der Waals surface area (Å²) < 4.78 is 53.5. The number of aromatic amines is 1. The standard InChI is InChI=1S/C17H24N2O17P2/c1-2-5-31-6-7-9(21)10(22)12(24)15(32-7)34-37(27,28)36-38(29,30)35-16-13(25)11(23)14(33-16)19-4-3-8(20)18-17(19)26/h1,3-4,7,9-16,21-25H,5-6H2,(H,27,28)(H,29,30)(H,18,20,26)/t7?,9-,10?,11-,12?,13?,14+,15-,16+/m0/s1. The highest BCUT2D eigenvalue weighted by Gasteiger charge is 2.51. The van der Waals surface area contributed by atoms with E-state index in [1.807, 2.05) is 4.98 Å². The third-order valence-electron chi connectivity index (χ3n) is 5.14. The first-order valence-electron chi connectivity index (χ1n) is 10.4. The molecule has 0 aromatic carbocycles. The van der Waals surface area contributed by atoms with Crippen LogP contribution in [-0.2, 0) is 36.7 Å². The topological polar surface area (TPSA) is 286 Å². The maximum absolute atomic E-state index is 12.4. The number of aliphatic hydroxyl groups is 5. The number of ether oxygens (including phenoxy) is 3. The number of nitrogens with one attached hydrogen (secondary N) is 1. The molecule has 3 rings (SSSR count). The van der Waals surface area contributed by atoms with E-state index in [1.165, 1.54) is 0 Å². The molecule has 0 spiro atoms. The molecule has 8 N–H and O–H groups in total. The fourth-order valence-electron chi connectivity index (χ4n) is 3.38. The van der Waals surface area contributed by atoms with Crippen molar-refractivity contribution in [3.8, 4) is 12.3 Å². The Hall–Kier alpha value is -1.82. The molecule has 6 unspecified atom stereocenters. The van der Waals surface area contributed by atoms with Crippen molar-refractivity contribution in [2.45, 2.75) is 55.4 Å². The minimum Gasteiger partial charge on any atom is -0.387 e. The average Bonchev–Trinajstić information content (AvgIpc) is 3.07. The van der Waals surface area contributed by atoms with Gasteiger partial charge >= 0.3 is 21.3 Å². The van der Waals surface area contributed by atoms with Crippen molar-refractivity contribution in [3.05, 3.63) is 33.1 Å². The predicted octanol–water partition coefficient (Wildman–Crippen LogP) is -4.18. The molecule has 0 bridgehead atoms. The van der Waals surface area contributed by atoms with Gasteiger partial charge in [-0.2, -0.15) is 4.31 Å². The number of terminal acetylenes is 1. The van der Waals surface area contributed by atoms with Gasteiger partial charge in [-0.1, -0.05) is 5.92 Å². The smallest absolute Gasteiger partial charge is 0.387 e. The Morgan fingerprint density at radius 1 is 0.947 bits per heavy atom. The minimum atomic E-state index is -5.69. The molecule has 3 heterocycles. The fraction of sp³-hybridized carbons (Fsp3) is 0.647. The van der Waals surface area contributed by atoms with Crippen LogP contribution in [0.15, 0.2) is 21.9 Å². The van der Waals surface area contributed by atoms with E-state index < -0.39 is 88.9 Å². The normalized spacial score (nSPS) is 36.7. The van der Waals surface area contributed by atoms with E-state index in [-0.39, 0.29) is 6.61 Å². The molecule has 1 aromatic heterocycles. The Morgan fingerprint density at radius 3 is 2.11 bits per heavy atom.